The zero-order valence-electron chi connectivity index (χ0n) is 17.1. The van der Waals surface area contributed by atoms with Crippen LogP contribution in [0.15, 0.2) is 67.0 Å². The fourth-order valence-electron chi connectivity index (χ4n) is 4.23. The minimum atomic E-state index is 0.226. The van der Waals surface area contributed by atoms with Crippen molar-refractivity contribution in [3.63, 3.8) is 0 Å². The molecule has 144 valence electrons. The van der Waals surface area contributed by atoms with Crippen LogP contribution in [-0.4, -0.2) is 9.97 Å². The van der Waals surface area contributed by atoms with Gasteiger partial charge >= 0.3 is 0 Å². The van der Waals surface area contributed by atoms with E-state index in [0.717, 1.165) is 23.2 Å². The Morgan fingerprint density at radius 1 is 1.07 bits per heavy atom. The summed E-state index contributed by atoms with van der Waals surface area (Å²) >= 11 is 0. The molecule has 0 aliphatic heterocycles. The molecule has 3 heteroatoms. The van der Waals surface area contributed by atoms with Gasteiger partial charge in [0.15, 0.2) is 0 Å². The van der Waals surface area contributed by atoms with E-state index in [0.29, 0.717) is 11.5 Å². The molecule has 3 aromatic rings. The lowest BCUT2D eigenvalue weighted by Gasteiger charge is -2.41. The third-order valence-corrected chi connectivity index (χ3v) is 6.28. The second kappa shape index (κ2) is 7.64. The van der Waals surface area contributed by atoms with E-state index in [1.54, 1.807) is 0 Å². The topological polar surface area (TPSA) is 49.6 Å². The van der Waals surface area contributed by atoms with Crippen LogP contribution in [0.3, 0.4) is 0 Å². The van der Waals surface area contributed by atoms with Gasteiger partial charge in [0.2, 0.25) is 0 Å². The fraction of sp³-hybridized carbons (Fsp3) is 0.269. The molecule has 1 unspecified atom stereocenters. The van der Waals surface area contributed by atoms with Crippen LogP contribution < -0.4 is 0 Å². The first kappa shape index (κ1) is 19.1. The molecule has 29 heavy (non-hydrogen) atoms. The molecule has 0 bridgehead atoms. The maximum atomic E-state index is 9.32. The number of hydrogen-bond acceptors (Lipinski definition) is 3. The third-order valence-electron chi connectivity index (χ3n) is 6.28. The number of hydrogen-bond donors (Lipinski definition) is 0. The number of allylic oxidation sites excluding steroid dienone is 1. The van der Waals surface area contributed by atoms with Crippen molar-refractivity contribution in [2.24, 2.45) is 11.3 Å². The molecular weight excluding hydrogens is 354 g/mol. The lowest BCUT2D eigenvalue weighted by Crippen LogP contribution is -2.34. The molecule has 2 aromatic heterocycles. The van der Waals surface area contributed by atoms with E-state index in [1.165, 1.54) is 11.3 Å². The molecule has 0 saturated carbocycles. The van der Waals surface area contributed by atoms with Crippen LogP contribution in [0.1, 0.15) is 49.2 Å². The fourth-order valence-corrected chi connectivity index (χ4v) is 4.23. The highest BCUT2D eigenvalue weighted by Gasteiger charge is 2.38. The monoisotopic (exact) mass is 379 g/mol. The summed E-state index contributed by atoms with van der Waals surface area (Å²) in [5.74, 6) is 0.763. The SMILES string of the molecule is C[C@H]1C(/C=C/c2ccc(-c3ccccc3C#N)cn2)c2ncccc2CC1(C)C. The van der Waals surface area contributed by atoms with E-state index >= 15 is 0 Å². The van der Waals surface area contributed by atoms with Gasteiger partial charge in [0, 0.05) is 29.4 Å². The summed E-state index contributed by atoms with van der Waals surface area (Å²) in [4.78, 5) is 9.32. The smallest absolute Gasteiger partial charge is 0.0998 e. The van der Waals surface area contributed by atoms with Crippen LogP contribution in [0, 0.1) is 22.7 Å². The maximum Gasteiger partial charge on any atom is 0.0998 e. The summed E-state index contributed by atoms with van der Waals surface area (Å²) in [6.07, 6.45) is 9.15. The number of benzene rings is 1. The van der Waals surface area contributed by atoms with Gasteiger partial charge in [-0.15, -0.1) is 0 Å². The van der Waals surface area contributed by atoms with Crippen molar-refractivity contribution in [1.29, 1.82) is 5.26 Å². The van der Waals surface area contributed by atoms with Gasteiger partial charge in [-0.1, -0.05) is 57.2 Å². The van der Waals surface area contributed by atoms with Crippen LogP contribution in [-0.2, 0) is 6.42 Å². The van der Waals surface area contributed by atoms with Gasteiger partial charge in [0.25, 0.3) is 0 Å². The van der Waals surface area contributed by atoms with Crippen LogP contribution in [0.2, 0.25) is 0 Å². The summed E-state index contributed by atoms with van der Waals surface area (Å²) in [6, 6.07) is 18.1. The Hall–Kier alpha value is -3.25. The third kappa shape index (κ3) is 3.71. The predicted octanol–water partition coefficient (Wildman–Crippen LogP) is 6.03. The van der Waals surface area contributed by atoms with E-state index in [9.17, 15) is 5.26 Å². The molecule has 0 amide bonds. The van der Waals surface area contributed by atoms with Crippen LogP contribution in [0.4, 0.5) is 0 Å². The number of nitrogens with zero attached hydrogens (tertiary/aromatic N) is 3. The van der Waals surface area contributed by atoms with Gasteiger partial charge in [-0.05, 0) is 47.6 Å². The summed E-state index contributed by atoms with van der Waals surface area (Å²) in [7, 11) is 0. The quantitative estimate of drug-likeness (QED) is 0.558. The number of fused-ring (bicyclic) bond motifs is 1. The predicted molar refractivity (Wildman–Crippen MR) is 117 cm³/mol. The standard InChI is InChI=1S/C26H25N3/c1-18-23(25-19(8-6-14-28-25)15-26(18,2)3)13-12-22-11-10-21(17-29-22)24-9-5-4-7-20(24)16-27/h4-14,17-18,23H,15H2,1-3H3/b13-12+/t18-,23?/m0/s1. The molecule has 0 spiro atoms. The molecule has 0 N–H and O–H groups in total. The van der Waals surface area contributed by atoms with Gasteiger partial charge in [-0.3, -0.25) is 9.97 Å². The van der Waals surface area contributed by atoms with Crippen molar-refractivity contribution in [2.45, 2.75) is 33.1 Å². The van der Waals surface area contributed by atoms with Crippen LogP contribution in [0.25, 0.3) is 17.2 Å². The van der Waals surface area contributed by atoms with Gasteiger partial charge < -0.3 is 0 Å². The number of aromatic nitrogens is 2. The Bertz CT molecular complexity index is 1090. The largest absolute Gasteiger partial charge is 0.260 e. The van der Waals surface area contributed by atoms with Crippen molar-refractivity contribution in [2.75, 3.05) is 0 Å². The zero-order chi connectivity index (χ0) is 20.4. The summed E-state index contributed by atoms with van der Waals surface area (Å²) < 4.78 is 0. The average molecular weight is 380 g/mol. The van der Waals surface area contributed by atoms with Crippen molar-refractivity contribution in [1.82, 2.24) is 9.97 Å². The molecule has 0 saturated heterocycles. The molecule has 1 aliphatic carbocycles. The number of pyridine rings is 2. The van der Waals surface area contributed by atoms with E-state index in [-0.39, 0.29) is 11.3 Å². The molecule has 2 heterocycles. The maximum absolute atomic E-state index is 9.32. The molecule has 0 radical (unpaired) electrons. The Morgan fingerprint density at radius 2 is 1.90 bits per heavy atom. The van der Waals surface area contributed by atoms with Gasteiger partial charge in [-0.2, -0.15) is 5.26 Å². The van der Waals surface area contributed by atoms with Gasteiger partial charge in [0.1, 0.15) is 0 Å². The summed E-state index contributed by atoms with van der Waals surface area (Å²) in [6.45, 7) is 7.00. The molecule has 1 aromatic carbocycles. The Morgan fingerprint density at radius 3 is 2.66 bits per heavy atom. The first-order chi connectivity index (χ1) is 14.0. The Labute approximate surface area is 172 Å². The summed E-state index contributed by atoms with van der Waals surface area (Å²) in [5, 5.41) is 9.32. The molecule has 3 nitrogen and oxygen atoms in total. The highest BCUT2D eigenvalue weighted by atomic mass is 14.7. The van der Waals surface area contributed by atoms with E-state index < -0.39 is 0 Å². The first-order valence-corrected chi connectivity index (χ1v) is 10.1. The molecule has 2 atom stereocenters. The van der Waals surface area contributed by atoms with E-state index in [4.69, 9.17) is 4.98 Å². The molecule has 1 aliphatic rings. The van der Waals surface area contributed by atoms with Gasteiger partial charge in [0.05, 0.1) is 23.0 Å². The minimum Gasteiger partial charge on any atom is -0.260 e. The second-order valence-corrected chi connectivity index (χ2v) is 8.52. The van der Waals surface area contributed by atoms with E-state index in [2.05, 4.69) is 50.0 Å². The lowest BCUT2D eigenvalue weighted by atomic mass is 9.63. The van der Waals surface area contributed by atoms with Crippen molar-refractivity contribution >= 4 is 6.08 Å². The second-order valence-electron chi connectivity index (χ2n) is 8.52. The van der Waals surface area contributed by atoms with E-state index in [1.807, 2.05) is 54.9 Å². The Kier molecular flexibility index (Phi) is 5.03. The number of nitriles is 1. The minimum absolute atomic E-state index is 0.226. The molecule has 0 fully saturated rings. The zero-order valence-corrected chi connectivity index (χ0v) is 17.1. The lowest BCUT2D eigenvalue weighted by molar-refractivity contribution is 0.191. The molecule has 4 rings (SSSR count). The average Bonchev–Trinajstić information content (AvgIpc) is 2.74. The summed E-state index contributed by atoms with van der Waals surface area (Å²) in [5.41, 5.74) is 6.22. The van der Waals surface area contributed by atoms with Crippen molar-refractivity contribution in [3.05, 3.63) is 89.5 Å². The Balaban J connectivity index is 1.62. The van der Waals surface area contributed by atoms with Gasteiger partial charge in [-0.25, -0.2) is 0 Å². The first-order valence-electron chi connectivity index (χ1n) is 10.1. The van der Waals surface area contributed by atoms with Crippen LogP contribution >= 0.6 is 0 Å². The molecular formula is C26H25N3. The van der Waals surface area contributed by atoms with Crippen molar-refractivity contribution < 1.29 is 0 Å². The highest BCUT2D eigenvalue weighted by Crippen LogP contribution is 2.46. The highest BCUT2D eigenvalue weighted by molar-refractivity contribution is 5.70. The van der Waals surface area contributed by atoms with Crippen LogP contribution in [0.5, 0.6) is 0 Å². The van der Waals surface area contributed by atoms with Crippen molar-refractivity contribution in [3.8, 4) is 17.2 Å². The normalized spacial score (nSPS) is 20.2. The number of rotatable bonds is 3.